The fourth-order valence-electron chi connectivity index (χ4n) is 2.87. The van der Waals surface area contributed by atoms with E-state index in [1.807, 2.05) is 13.8 Å². The van der Waals surface area contributed by atoms with Crippen molar-refractivity contribution < 1.29 is 28.5 Å². The van der Waals surface area contributed by atoms with E-state index in [-0.39, 0.29) is 24.1 Å². The minimum Gasteiger partial charge on any atom is -0.468 e. The predicted octanol–water partition coefficient (Wildman–Crippen LogP) is 0.221. The SMILES string of the molecule is CCOC(=O)[C@@H]1C[C@@H](C(=O)OC)N[C@H]1[C@H]1COC(C)(C)O1. The molecule has 0 aromatic heterocycles. The van der Waals surface area contributed by atoms with Crippen LogP contribution in [0.25, 0.3) is 0 Å². The topological polar surface area (TPSA) is 83.1 Å². The standard InChI is InChI=1S/C14H23NO6/c1-5-19-12(16)8-6-9(13(17)18-4)15-11(8)10-7-20-14(2,3)21-10/h8-11,15H,5-7H2,1-4H3/t8-,9+,10-,11-/m1/s1. The molecule has 2 heterocycles. The second-order valence-electron chi connectivity index (χ2n) is 5.73. The molecule has 4 atom stereocenters. The van der Waals surface area contributed by atoms with E-state index < -0.39 is 17.7 Å². The normalized spacial score (nSPS) is 34.7. The molecule has 0 aromatic carbocycles. The Morgan fingerprint density at radius 3 is 2.57 bits per heavy atom. The lowest BCUT2D eigenvalue weighted by molar-refractivity contribution is -0.155. The summed E-state index contributed by atoms with van der Waals surface area (Å²) in [6.45, 7) is 6.07. The van der Waals surface area contributed by atoms with Gasteiger partial charge >= 0.3 is 11.9 Å². The molecular formula is C14H23NO6. The molecule has 0 unspecified atom stereocenters. The van der Waals surface area contributed by atoms with E-state index in [2.05, 4.69) is 5.32 Å². The highest BCUT2D eigenvalue weighted by molar-refractivity contribution is 5.80. The van der Waals surface area contributed by atoms with Crippen LogP contribution in [0, 0.1) is 5.92 Å². The molecule has 2 fully saturated rings. The number of esters is 2. The Labute approximate surface area is 124 Å². The molecule has 2 aliphatic rings. The average Bonchev–Trinajstić information content (AvgIpc) is 3.01. The zero-order valence-electron chi connectivity index (χ0n) is 12.9. The number of hydrogen-bond donors (Lipinski definition) is 1. The maximum absolute atomic E-state index is 12.1. The lowest BCUT2D eigenvalue weighted by Gasteiger charge is -2.24. The van der Waals surface area contributed by atoms with Crippen molar-refractivity contribution in [2.45, 2.75) is 51.2 Å². The quantitative estimate of drug-likeness (QED) is 0.744. The van der Waals surface area contributed by atoms with E-state index >= 15 is 0 Å². The van der Waals surface area contributed by atoms with E-state index in [0.29, 0.717) is 19.6 Å². The predicted molar refractivity (Wildman–Crippen MR) is 72.4 cm³/mol. The maximum Gasteiger partial charge on any atom is 0.322 e. The second kappa shape index (κ2) is 6.29. The van der Waals surface area contributed by atoms with Gasteiger partial charge in [-0.3, -0.25) is 14.9 Å². The van der Waals surface area contributed by atoms with Crippen molar-refractivity contribution in [3.63, 3.8) is 0 Å². The van der Waals surface area contributed by atoms with Gasteiger partial charge in [-0.05, 0) is 27.2 Å². The summed E-state index contributed by atoms with van der Waals surface area (Å²) in [7, 11) is 1.33. The van der Waals surface area contributed by atoms with Gasteiger partial charge in [0.05, 0.1) is 26.2 Å². The van der Waals surface area contributed by atoms with Crippen LogP contribution >= 0.6 is 0 Å². The Morgan fingerprint density at radius 1 is 1.33 bits per heavy atom. The molecule has 1 N–H and O–H groups in total. The van der Waals surface area contributed by atoms with Crippen LogP contribution in [0.15, 0.2) is 0 Å². The van der Waals surface area contributed by atoms with Crippen LogP contribution in [0.1, 0.15) is 27.2 Å². The zero-order valence-corrected chi connectivity index (χ0v) is 12.9. The Balaban J connectivity index is 2.11. The first-order chi connectivity index (χ1) is 9.88. The van der Waals surface area contributed by atoms with E-state index in [1.54, 1.807) is 6.92 Å². The Bertz CT molecular complexity index is 410. The highest BCUT2D eigenvalue weighted by Crippen LogP contribution is 2.32. The van der Waals surface area contributed by atoms with Crippen LogP contribution in [0.2, 0.25) is 0 Å². The molecular weight excluding hydrogens is 278 g/mol. The summed E-state index contributed by atoms with van der Waals surface area (Å²) in [4.78, 5) is 23.8. The fourth-order valence-corrected chi connectivity index (χ4v) is 2.87. The Morgan fingerprint density at radius 2 is 2.05 bits per heavy atom. The van der Waals surface area contributed by atoms with E-state index in [9.17, 15) is 9.59 Å². The molecule has 21 heavy (non-hydrogen) atoms. The van der Waals surface area contributed by atoms with Gasteiger partial charge in [-0.1, -0.05) is 0 Å². The molecule has 0 aliphatic carbocycles. The van der Waals surface area contributed by atoms with E-state index in [0.717, 1.165) is 0 Å². The van der Waals surface area contributed by atoms with Crippen molar-refractivity contribution in [2.75, 3.05) is 20.3 Å². The molecule has 0 saturated carbocycles. The summed E-state index contributed by atoms with van der Waals surface area (Å²) < 4.78 is 21.2. The molecule has 7 nitrogen and oxygen atoms in total. The minimum absolute atomic E-state index is 0.302. The molecule has 2 saturated heterocycles. The van der Waals surface area contributed by atoms with Crippen molar-refractivity contribution in [1.82, 2.24) is 5.32 Å². The van der Waals surface area contributed by atoms with Crippen molar-refractivity contribution >= 4 is 11.9 Å². The summed E-state index contributed by atoms with van der Waals surface area (Å²) >= 11 is 0. The van der Waals surface area contributed by atoms with Crippen molar-refractivity contribution in [1.29, 1.82) is 0 Å². The summed E-state index contributed by atoms with van der Waals surface area (Å²) in [6.07, 6.45) is 0.0419. The van der Waals surface area contributed by atoms with Crippen LogP contribution < -0.4 is 5.32 Å². The van der Waals surface area contributed by atoms with Crippen LogP contribution in [0.4, 0.5) is 0 Å². The molecule has 0 spiro atoms. The monoisotopic (exact) mass is 301 g/mol. The number of methoxy groups -OCH3 is 1. The van der Waals surface area contributed by atoms with Gasteiger partial charge in [0.2, 0.25) is 0 Å². The highest BCUT2D eigenvalue weighted by atomic mass is 16.7. The number of nitrogens with one attached hydrogen (secondary N) is 1. The number of rotatable bonds is 4. The van der Waals surface area contributed by atoms with Gasteiger partial charge in [0, 0.05) is 6.04 Å². The number of carbonyl (C=O) groups is 2. The molecule has 7 heteroatoms. The first kappa shape index (κ1) is 16.2. The smallest absolute Gasteiger partial charge is 0.322 e. The van der Waals surface area contributed by atoms with Crippen molar-refractivity contribution in [3.8, 4) is 0 Å². The largest absolute Gasteiger partial charge is 0.468 e. The highest BCUT2D eigenvalue weighted by Gasteiger charge is 2.49. The molecule has 0 bridgehead atoms. The van der Waals surface area contributed by atoms with Crippen molar-refractivity contribution in [3.05, 3.63) is 0 Å². The summed E-state index contributed by atoms with van der Waals surface area (Å²) in [5.74, 6) is -1.84. The van der Waals surface area contributed by atoms with Crippen molar-refractivity contribution in [2.24, 2.45) is 5.92 Å². The molecule has 0 radical (unpaired) electrons. The molecule has 120 valence electrons. The lowest BCUT2D eigenvalue weighted by Crippen LogP contribution is -2.47. The van der Waals surface area contributed by atoms with Crippen LogP contribution in [-0.2, 0) is 28.5 Å². The van der Waals surface area contributed by atoms with Crippen LogP contribution in [-0.4, -0.2) is 56.2 Å². The molecule has 0 amide bonds. The van der Waals surface area contributed by atoms with Gasteiger partial charge in [0.15, 0.2) is 5.79 Å². The molecule has 2 rings (SSSR count). The van der Waals surface area contributed by atoms with Crippen LogP contribution in [0.3, 0.4) is 0 Å². The van der Waals surface area contributed by atoms with Gasteiger partial charge in [-0.25, -0.2) is 0 Å². The Hall–Kier alpha value is -1.18. The van der Waals surface area contributed by atoms with Gasteiger partial charge in [0.1, 0.15) is 12.1 Å². The first-order valence-electron chi connectivity index (χ1n) is 7.20. The summed E-state index contributed by atoms with van der Waals surface area (Å²) in [5.41, 5.74) is 0. The first-order valence-corrected chi connectivity index (χ1v) is 7.20. The Kier molecular flexibility index (Phi) is 4.85. The number of carbonyl (C=O) groups excluding carboxylic acids is 2. The van der Waals surface area contributed by atoms with E-state index in [1.165, 1.54) is 7.11 Å². The third-order valence-electron chi connectivity index (χ3n) is 3.82. The van der Waals surface area contributed by atoms with E-state index in [4.69, 9.17) is 18.9 Å². The van der Waals surface area contributed by atoms with Gasteiger partial charge in [0.25, 0.3) is 0 Å². The minimum atomic E-state index is -0.686. The summed E-state index contributed by atoms with van der Waals surface area (Å²) in [5, 5.41) is 3.13. The van der Waals surface area contributed by atoms with Gasteiger partial charge < -0.3 is 18.9 Å². The lowest BCUT2D eigenvalue weighted by atomic mass is 9.95. The van der Waals surface area contributed by atoms with Gasteiger partial charge in [-0.15, -0.1) is 0 Å². The fraction of sp³-hybridized carbons (Fsp3) is 0.857. The third-order valence-corrected chi connectivity index (χ3v) is 3.82. The average molecular weight is 301 g/mol. The molecule has 2 aliphatic heterocycles. The zero-order chi connectivity index (χ0) is 15.6. The maximum atomic E-state index is 12.1. The number of hydrogen-bond acceptors (Lipinski definition) is 7. The third kappa shape index (κ3) is 3.53. The number of ether oxygens (including phenoxy) is 4. The summed E-state index contributed by atoms with van der Waals surface area (Å²) in [6, 6.07) is -0.850. The second-order valence-corrected chi connectivity index (χ2v) is 5.73. The van der Waals surface area contributed by atoms with Gasteiger partial charge in [-0.2, -0.15) is 0 Å². The molecule has 0 aromatic rings. The van der Waals surface area contributed by atoms with Crippen LogP contribution in [0.5, 0.6) is 0 Å².